The van der Waals surface area contributed by atoms with Crippen molar-refractivity contribution in [1.29, 1.82) is 0 Å². The standard InChI is InChI=1S/C20H19N5O2S2/c1-2-27-16-9-7-15(8-10-16)21-18(26)14-29-20-23-22-19(17-6-5-13-28-17)25(20)24-11-3-4-12-24/h3-13H,2,14H2,1H3,(H,21,26). The lowest BCUT2D eigenvalue weighted by Gasteiger charge is -2.10. The van der Waals surface area contributed by atoms with Gasteiger partial charge in [0.1, 0.15) is 5.75 Å². The predicted molar refractivity (Wildman–Crippen MR) is 116 cm³/mol. The second-order valence-electron chi connectivity index (χ2n) is 5.95. The summed E-state index contributed by atoms with van der Waals surface area (Å²) in [6, 6.07) is 15.2. The molecular weight excluding hydrogens is 406 g/mol. The maximum absolute atomic E-state index is 12.4. The fourth-order valence-electron chi connectivity index (χ4n) is 2.71. The molecule has 9 heteroatoms. The summed E-state index contributed by atoms with van der Waals surface area (Å²) in [7, 11) is 0. The first-order chi connectivity index (χ1) is 14.2. The van der Waals surface area contributed by atoms with Gasteiger partial charge < -0.3 is 10.1 Å². The molecule has 0 saturated carbocycles. The quantitative estimate of drug-likeness (QED) is 0.427. The maximum atomic E-state index is 12.4. The highest BCUT2D eigenvalue weighted by atomic mass is 32.2. The van der Waals surface area contributed by atoms with Crippen molar-refractivity contribution in [3.63, 3.8) is 0 Å². The summed E-state index contributed by atoms with van der Waals surface area (Å²) >= 11 is 2.93. The molecule has 0 aliphatic heterocycles. The van der Waals surface area contributed by atoms with E-state index in [0.29, 0.717) is 11.8 Å². The lowest BCUT2D eigenvalue weighted by Crippen LogP contribution is -2.15. The van der Waals surface area contributed by atoms with E-state index in [0.717, 1.165) is 22.1 Å². The molecule has 29 heavy (non-hydrogen) atoms. The van der Waals surface area contributed by atoms with Crippen LogP contribution in [0.5, 0.6) is 5.75 Å². The maximum Gasteiger partial charge on any atom is 0.234 e. The van der Waals surface area contributed by atoms with Crippen molar-refractivity contribution < 1.29 is 9.53 Å². The molecule has 0 fully saturated rings. The molecule has 3 aromatic heterocycles. The average Bonchev–Trinajstić information content (AvgIpc) is 3.48. The molecule has 1 aromatic carbocycles. The van der Waals surface area contributed by atoms with Crippen molar-refractivity contribution in [2.75, 3.05) is 17.7 Å². The Morgan fingerprint density at radius 1 is 1.14 bits per heavy atom. The fourth-order valence-corrected chi connectivity index (χ4v) is 4.14. The molecule has 0 spiro atoms. The average molecular weight is 426 g/mol. The van der Waals surface area contributed by atoms with E-state index in [2.05, 4.69) is 15.5 Å². The van der Waals surface area contributed by atoms with Crippen LogP contribution in [0.3, 0.4) is 0 Å². The molecule has 4 rings (SSSR count). The van der Waals surface area contributed by atoms with Gasteiger partial charge in [0.2, 0.25) is 11.1 Å². The number of nitrogens with one attached hydrogen (secondary N) is 1. The largest absolute Gasteiger partial charge is 0.494 e. The van der Waals surface area contributed by atoms with Gasteiger partial charge in [-0.25, -0.2) is 4.68 Å². The van der Waals surface area contributed by atoms with Crippen molar-refractivity contribution in [1.82, 2.24) is 19.5 Å². The monoisotopic (exact) mass is 425 g/mol. The molecule has 148 valence electrons. The fraction of sp³-hybridized carbons (Fsp3) is 0.150. The summed E-state index contributed by atoms with van der Waals surface area (Å²) in [4.78, 5) is 13.4. The number of nitrogens with zero attached hydrogens (tertiary/aromatic N) is 4. The molecule has 1 N–H and O–H groups in total. The van der Waals surface area contributed by atoms with E-state index in [1.54, 1.807) is 11.3 Å². The SMILES string of the molecule is CCOc1ccc(NC(=O)CSc2nnc(-c3cccs3)n2-n2cccc2)cc1. The minimum Gasteiger partial charge on any atom is -0.494 e. The van der Waals surface area contributed by atoms with Gasteiger partial charge in [0.25, 0.3) is 0 Å². The lowest BCUT2D eigenvalue weighted by atomic mass is 10.3. The molecular formula is C20H19N5O2S2. The Morgan fingerprint density at radius 3 is 2.62 bits per heavy atom. The molecule has 0 aliphatic rings. The zero-order chi connectivity index (χ0) is 20.1. The molecule has 7 nitrogen and oxygen atoms in total. The van der Waals surface area contributed by atoms with Gasteiger partial charge in [-0.1, -0.05) is 17.8 Å². The van der Waals surface area contributed by atoms with Crippen molar-refractivity contribution in [2.24, 2.45) is 0 Å². The summed E-state index contributed by atoms with van der Waals surface area (Å²) in [6.07, 6.45) is 3.84. The first-order valence-electron chi connectivity index (χ1n) is 9.03. The first-order valence-corrected chi connectivity index (χ1v) is 10.9. The van der Waals surface area contributed by atoms with E-state index in [-0.39, 0.29) is 11.7 Å². The molecule has 1 amide bonds. The highest BCUT2D eigenvalue weighted by Gasteiger charge is 2.17. The number of thiophene rings is 1. The molecule has 0 saturated heterocycles. The van der Waals surface area contributed by atoms with Gasteiger partial charge in [-0.2, -0.15) is 0 Å². The van der Waals surface area contributed by atoms with Crippen LogP contribution >= 0.6 is 23.1 Å². The zero-order valence-electron chi connectivity index (χ0n) is 15.7. The topological polar surface area (TPSA) is 74.0 Å². The second kappa shape index (κ2) is 8.97. The Labute approximate surface area is 176 Å². The van der Waals surface area contributed by atoms with Gasteiger partial charge in [0.15, 0.2) is 5.82 Å². The van der Waals surface area contributed by atoms with Crippen molar-refractivity contribution in [2.45, 2.75) is 12.1 Å². The minimum absolute atomic E-state index is 0.112. The van der Waals surface area contributed by atoms with Gasteiger partial charge in [0, 0.05) is 18.1 Å². The molecule has 0 atom stereocenters. The molecule has 0 aliphatic carbocycles. The number of benzene rings is 1. The van der Waals surface area contributed by atoms with Gasteiger partial charge in [0.05, 0.1) is 17.2 Å². The van der Waals surface area contributed by atoms with E-state index in [9.17, 15) is 4.79 Å². The van der Waals surface area contributed by atoms with Gasteiger partial charge >= 0.3 is 0 Å². The molecule has 4 aromatic rings. The lowest BCUT2D eigenvalue weighted by molar-refractivity contribution is -0.113. The Balaban J connectivity index is 1.46. The van der Waals surface area contributed by atoms with Gasteiger partial charge in [-0.15, -0.1) is 21.5 Å². The van der Waals surface area contributed by atoms with Crippen LogP contribution in [0.2, 0.25) is 0 Å². The molecule has 3 heterocycles. The van der Waals surface area contributed by atoms with Crippen LogP contribution in [0.25, 0.3) is 10.7 Å². The van der Waals surface area contributed by atoms with Crippen LogP contribution < -0.4 is 10.1 Å². The third-order valence-corrected chi connectivity index (χ3v) is 5.74. The van der Waals surface area contributed by atoms with Crippen LogP contribution in [0.4, 0.5) is 5.69 Å². The summed E-state index contributed by atoms with van der Waals surface area (Å²) in [5.74, 6) is 1.63. The Morgan fingerprint density at radius 2 is 1.93 bits per heavy atom. The number of amides is 1. The summed E-state index contributed by atoms with van der Waals surface area (Å²) < 4.78 is 9.22. The van der Waals surface area contributed by atoms with Crippen molar-refractivity contribution in [3.05, 3.63) is 66.3 Å². The Kier molecular flexibility index (Phi) is 5.97. The van der Waals surface area contributed by atoms with Crippen LogP contribution in [0.1, 0.15) is 6.92 Å². The minimum atomic E-state index is -0.112. The van der Waals surface area contributed by atoms with E-state index < -0.39 is 0 Å². The van der Waals surface area contributed by atoms with E-state index >= 15 is 0 Å². The number of hydrogen-bond acceptors (Lipinski definition) is 6. The third-order valence-electron chi connectivity index (χ3n) is 3.95. The van der Waals surface area contributed by atoms with E-state index in [4.69, 9.17) is 4.74 Å². The van der Waals surface area contributed by atoms with Crippen LogP contribution in [-0.4, -0.2) is 37.8 Å². The van der Waals surface area contributed by atoms with E-state index in [1.807, 2.05) is 82.6 Å². The number of rotatable bonds is 8. The number of hydrogen-bond donors (Lipinski definition) is 1. The molecule has 0 radical (unpaired) electrons. The highest BCUT2D eigenvalue weighted by molar-refractivity contribution is 7.99. The number of anilines is 1. The summed E-state index contributed by atoms with van der Waals surface area (Å²) in [6.45, 7) is 2.54. The number of ether oxygens (including phenoxy) is 1. The number of aromatic nitrogens is 4. The summed E-state index contributed by atoms with van der Waals surface area (Å²) in [5.41, 5.74) is 0.727. The number of thioether (sulfide) groups is 1. The molecule has 0 unspecified atom stereocenters. The highest BCUT2D eigenvalue weighted by Crippen LogP contribution is 2.27. The molecule has 0 bridgehead atoms. The predicted octanol–water partition coefficient (Wildman–Crippen LogP) is 4.25. The van der Waals surface area contributed by atoms with Crippen molar-refractivity contribution in [3.8, 4) is 16.5 Å². The van der Waals surface area contributed by atoms with Crippen LogP contribution in [0, 0.1) is 0 Å². The van der Waals surface area contributed by atoms with E-state index in [1.165, 1.54) is 11.8 Å². The van der Waals surface area contributed by atoms with Crippen LogP contribution in [-0.2, 0) is 4.79 Å². The smallest absolute Gasteiger partial charge is 0.234 e. The van der Waals surface area contributed by atoms with Crippen molar-refractivity contribution >= 4 is 34.7 Å². The Hall–Kier alpha value is -3.04. The van der Waals surface area contributed by atoms with Crippen LogP contribution in [0.15, 0.2) is 71.5 Å². The second-order valence-corrected chi connectivity index (χ2v) is 7.84. The normalized spacial score (nSPS) is 10.8. The Bertz CT molecular complexity index is 1060. The van der Waals surface area contributed by atoms with Gasteiger partial charge in [-0.3, -0.25) is 9.47 Å². The van der Waals surface area contributed by atoms with Gasteiger partial charge in [-0.05, 0) is 54.8 Å². The first kappa shape index (κ1) is 19.3. The third kappa shape index (κ3) is 4.52. The number of carbonyl (C=O) groups is 1. The zero-order valence-corrected chi connectivity index (χ0v) is 17.3. The number of carbonyl (C=O) groups excluding carboxylic acids is 1. The summed E-state index contributed by atoms with van der Waals surface area (Å²) in [5, 5.41) is 14.2.